The van der Waals surface area contributed by atoms with Crippen LogP contribution < -0.4 is 20.7 Å². The number of piperazine rings is 1. The average molecular weight is 723 g/mol. The third kappa shape index (κ3) is 7.63. The maximum Gasteiger partial charge on any atom is 0.341 e. The molecule has 0 saturated carbocycles. The third-order valence-electron chi connectivity index (χ3n) is 8.30. The number of carbonyl (C=O) groups excluding carboxylic acids is 1. The lowest BCUT2D eigenvalue weighted by molar-refractivity contribution is 0.0527. The fraction of sp³-hybridized carbons (Fsp3) is 0.286. The Hall–Kier alpha value is -4.89. The van der Waals surface area contributed by atoms with Crippen molar-refractivity contribution in [1.29, 1.82) is 0 Å². The minimum atomic E-state index is -3.33. The van der Waals surface area contributed by atoms with E-state index in [0.29, 0.717) is 36.9 Å². The number of para-hydroxylation sites is 1. The maximum absolute atomic E-state index is 12.7. The first-order chi connectivity index (χ1) is 24.0. The molecule has 0 amide bonds. The average Bonchev–Trinajstić information content (AvgIpc) is 3.71. The van der Waals surface area contributed by atoms with E-state index in [1.165, 1.54) is 11.6 Å². The van der Waals surface area contributed by atoms with E-state index < -0.39 is 27.2 Å². The van der Waals surface area contributed by atoms with Crippen LogP contribution >= 0.6 is 11.6 Å². The van der Waals surface area contributed by atoms with E-state index in [1.807, 2.05) is 24.3 Å². The van der Waals surface area contributed by atoms with Crippen molar-refractivity contribution in [3.05, 3.63) is 121 Å². The van der Waals surface area contributed by atoms with Gasteiger partial charge in [-0.3, -0.25) is 14.8 Å². The van der Waals surface area contributed by atoms with Gasteiger partial charge in [0.25, 0.3) is 5.56 Å². The van der Waals surface area contributed by atoms with Crippen molar-refractivity contribution in [2.75, 3.05) is 39.6 Å². The Morgan fingerprint density at radius 3 is 2.30 bits per heavy atom. The van der Waals surface area contributed by atoms with E-state index in [9.17, 15) is 22.8 Å². The van der Waals surface area contributed by atoms with Crippen LogP contribution in [0.25, 0.3) is 16.8 Å². The van der Waals surface area contributed by atoms with E-state index in [1.54, 1.807) is 59.8 Å². The number of hydrogen-bond acceptors (Lipinski definition) is 10. The number of aromatic amines is 1. The van der Waals surface area contributed by atoms with Gasteiger partial charge in [0.15, 0.2) is 11.5 Å². The van der Waals surface area contributed by atoms with Gasteiger partial charge in [0.2, 0.25) is 22.5 Å². The van der Waals surface area contributed by atoms with E-state index in [4.69, 9.17) is 30.2 Å². The van der Waals surface area contributed by atoms with Crippen LogP contribution in [0.4, 0.5) is 0 Å². The van der Waals surface area contributed by atoms with Gasteiger partial charge in [-0.05, 0) is 61.4 Å². The highest BCUT2D eigenvalue weighted by Gasteiger charge is 2.28. The SMILES string of the molecule is CCOC(=O)c1c(C)c(=O)oc2c1c(=O)[nH]n2-c1ccccc1.O=S(=O)(Cc1ccc(Cl)cc1)N1CCN(Cc2ccc3c(c2)OCO3)CC1. The van der Waals surface area contributed by atoms with E-state index in [-0.39, 0.29) is 41.4 Å². The van der Waals surface area contributed by atoms with Crippen molar-refractivity contribution in [2.45, 2.75) is 26.1 Å². The second-order valence-electron chi connectivity index (χ2n) is 11.6. The van der Waals surface area contributed by atoms with Crippen LogP contribution in [0.5, 0.6) is 11.5 Å². The number of H-pyrrole nitrogens is 1. The molecule has 2 aliphatic rings. The number of halogens is 1. The molecule has 7 rings (SSSR count). The number of rotatable bonds is 8. The normalized spacial score (nSPS) is 14.7. The van der Waals surface area contributed by atoms with Gasteiger partial charge in [-0.25, -0.2) is 22.7 Å². The van der Waals surface area contributed by atoms with Crippen LogP contribution in [0.1, 0.15) is 34.0 Å². The summed E-state index contributed by atoms with van der Waals surface area (Å²) in [5.41, 5.74) is 1.24. The Morgan fingerprint density at radius 2 is 1.60 bits per heavy atom. The van der Waals surface area contributed by atoms with Gasteiger partial charge in [0.05, 0.1) is 29.2 Å². The second-order valence-corrected chi connectivity index (χ2v) is 14.1. The summed E-state index contributed by atoms with van der Waals surface area (Å²) in [5.74, 6) is 0.833. The monoisotopic (exact) mass is 722 g/mol. The van der Waals surface area contributed by atoms with Crippen LogP contribution in [0, 0.1) is 6.92 Å². The highest BCUT2D eigenvalue weighted by atomic mass is 35.5. The predicted octanol–water partition coefficient (Wildman–Crippen LogP) is 4.47. The zero-order valence-electron chi connectivity index (χ0n) is 27.4. The molecule has 262 valence electrons. The van der Waals surface area contributed by atoms with Crippen LogP contribution in [0.2, 0.25) is 5.02 Å². The Morgan fingerprint density at radius 1 is 0.920 bits per heavy atom. The molecule has 13 nitrogen and oxygen atoms in total. The number of aromatic nitrogens is 2. The van der Waals surface area contributed by atoms with Gasteiger partial charge in [-0.1, -0.05) is 48.0 Å². The minimum absolute atomic E-state index is 0.00408. The van der Waals surface area contributed by atoms with Gasteiger partial charge in [-0.15, -0.1) is 0 Å². The van der Waals surface area contributed by atoms with Crippen LogP contribution in [0.3, 0.4) is 0 Å². The van der Waals surface area contributed by atoms with Gasteiger partial charge < -0.3 is 18.6 Å². The van der Waals surface area contributed by atoms with Gasteiger partial charge in [0.1, 0.15) is 5.39 Å². The second kappa shape index (κ2) is 14.9. The maximum atomic E-state index is 12.7. The molecule has 0 bridgehead atoms. The lowest BCUT2D eigenvalue weighted by atomic mass is 10.1. The molecule has 0 radical (unpaired) electrons. The van der Waals surface area contributed by atoms with Crippen LogP contribution in [-0.2, 0) is 27.1 Å². The Kier molecular flexibility index (Phi) is 10.4. The lowest BCUT2D eigenvalue weighted by Gasteiger charge is -2.34. The highest BCUT2D eigenvalue weighted by molar-refractivity contribution is 7.88. The molecule has 1 saturated heterocycles. The molecule has 0 aliphatic carbocycles. The molecule has 5 aromatic rings. The number of ether oxygens (including phenoxy) is 3. The molecule has 15 heteroatoms. The standard InChI is InChI=1S/C19H21ClN2O4S.C16H14N2O5/c20-17-4-1-15(2-5-17)13-27(23,24)22-9-7-21(8-10-22)12-16-3-6-18-19(11-16)26-14-25-18;1-3-22-16(21)11-9(2)15(20)23-14-12(11)13(19)17-18(14)10-7-5-4-6-8-10/h1-6,11H,7-10,12-14H2;4-8H,3H2,1-2H3,(H,17,19). The number of carbonyl (C=O) groups is 1. The molecule has 0 spiro atoms. The van der Waals surface area contributed by atoms with Crippen molar-refractivity contribution >= 4 is 38.7 Å². The van der Waals surface area contributed by atoms with Gasteiger partial charge in [-0.2, -0.15) is 4.31 Å². The molecule has 1 fully saturated rings. The zero-order valence-corrected chi connectivity index (χ0v) is 29.0. The van der Waals surface area contributed by atoms with E-state index in [0.717, 1.165) is 29.2 Å². The summed E-state index contributed by atoms with van der Waals surface area (Å²) >= 11 is 5.87. The molecule has 0 unspecified atom stereocenters. The number of nitrogens with zero attached hydrogens (tertiary/aromatic N) is 3. The quantitative estimate of drug-likeness (QED) is 0.227. The first-order valence-corrected chi connectivity index (χ1v) is 17.9. The predicted molar refractivity (Wildman–Crippen MR) is 187 cm³/mol. The van der Waals surface area contributed by atoms with E-state index >= 15 is 0 Å². The molecule has 2 aromatic heterocycles. The molecule has 0 atom stereocenters. The van der Waals surface area contributed by atoms with E-state index in [2.05, 4.69) is 10.00 Å². The molecule has 4 heterocycles. The number of benzene rings is 3. The van der Waals surface area contributed by atoms with Gasteiger partial charge >= 0.3 is 11.6 Å². The summed E-state index contributed by atoms with van der Waals surface area (Å²) in [6.07, 6.45) is 0. The van der Waals surface area contributed by atoms with Crippen molar-refractivity contribution in [1.82, 2.24) is 19.0 Å². The summed E-state index contributed by atoms with van der Waals surface area (Å²) in [5, 5.41) is 3.19. The first-order valence-electron chi connectivity index (χ1n) is 15.9. The van der Waals surface area contributed by atoms with Crippen molar-refractivity contribution in [3.63, 3.8) is 0 Å². The molecule has 3 aromatic carbocycles. The highest BCUT2D eigenvalue weighted by Crippen LogP contribution is 2.33. The molecule has 2 aliphatic heterocycles. The van der Waals surface area contributed by atoms with Crippen molar-refractivity contribution < 1.29 is 31.8 Å². The summed E-state index contributed by atoms with van der Waals surface area (Å²) in [6, 6.07) is 21.7. The Labute approximate surface area is 292 Å². The van der Waals surface area contributed by atoms with Crippen LogP contribution in [0.15, 0.2) is 86.8 Å². The van der Waals surface area contributed by atoms with Crippen molar-refractivity contribution in [2.24, 2.45) is 0 Å². The number of sulfonamides is 1. The minimum Gasteiger partial charge on any atom is -0.462 e. The fourth-order valence-electron chi connectivity index (χ4n) is 5.75. The topological polar surface area (TPSA) is 153 Å². The molecular weight excluding hydrogens is 688 g/mol. The van der Waals surface area contributed by atoms with Crippen LogP contribution in [-0.4, -0.2) is 73.0 Å². The number of nitrogens with one attached hydrogen (secondary N) is 1. The smallest absolute Gasteiger partial charge is 0.341 e. The van der Waals surface area contributed by atoms with Crippen molar-refractivity contribution in [3.8, 4) is 17.2 Å². The Bertz CT molecular complexity index is 2220. The summed E-state index contributed by atoms with van der Waals surface area (Å²) < 4.78 is 49.2. The Balaban J connectivity index is 0.000000175. The number of hydrogen-bond donors (Lipinski definition) is 1. The lowest BCUT2D eigenvalue weighted by Crippen LogP contribution is -2.48. The van der Waals surface area contributed by atoms with Gasteiger partial charge in [0, 0.05) is 37.7 Å². The molecule has 50 heavy (non-hydrogen) atoms. The number of fused-ring (bicyclic) bond motifs is 2. The summed E-state index contributed by atoms with van der Waals surface area (Å²) in [7, 11) is -3.33. The first kappa shape index (κ1) is 35.0. The fourth-order valence-corrected chi connectivity index (χ4v) is 7.39. The molecule has 1 N–H and O–H groups in total. The summed E-state index contributed by atoms with van der Waals surface area (Å²) in [4.78, 5) is 38.8. The molecular formula is C35H35ClN4O9S. The largest absolute Gasteiger partial charge is 0.462 e. The summed E-state index contributed by atoms with van der Waals surface area (Å²) in [6.45, 7) is 6.65. The number of esters is 1. The zero-order chi connectivity index (χ0) is 35.4. The third-order valence-corrected chi connectivity index (χ3v) is 10.4.